The number of hydrogen-bond acceptors (Lipinski definition) is 6. The zero-order chi connectivity index (χ0) is 19.6. The van der Waals surface area contributed by atoms with E-state index in [2.05, 4.69) is 15.3 Å². The molecule has 3 rings (SSSR count). The van der Waals surface area contributed by atoms with Crippen molar-refractivity contribution in [3.8, 4) is 11.5 Å². The fraction of sp³-hybridized carbons (Fsp3) is 0.222. The summed E-state index contributed by atoms with van der Waals surface area (Å²) in [6.07, 6.45) is -4.36. The maximum atomic E-state index is 12.6. The molecule has 0 saturated carbocycles. The Balaban J connectivity index is 1.83. The van der Waals surface area contributed by atoms with Crippen molar-refractivity contribution >= 4 is 22.7 Å². The molecule has 0 aliphatic carbocycles. The highest BCUT2D eigenvalue weighted by Gasteiger charge is 2.29. The van der Waals surface area contributed by atoms with Crippen LogP contribution in [0.5, 0.6) is 11.5 Å². The van der Waals surface area contributed by atoms with Crippen molar-refractivity contribution in [1.29, 1.82) is 0 Å². The Morgan fingerprint density at radius 1 is 1.00 bits per heavy atom. The summed E-state index contributed by atoms with van der Waals surface area (Å²) in [7, 11) is 3.03. The molecule has 0 fully saturated rings. The van der Waals surface area contributed by atoms with Crippen molar-refractivity contribution in [3.05, 3.63) is 47.5 Å². The maximum Gasteiger partial charge on any atom is 0.416 e. The number of ether oxygens (including phenoxy) is 2. The Morgan fingerprint density at radius 2 is 1.63 bits per heavy atom. The van der Waals surface area contributed by atoms with E-state index in [9.17, 15) is 13.2 Å². The van der Waals surface area contributed by atoms with Crippen LogP contribution >= 0.6 is 0 Å². The smallest absolute Gasteiger partial charge is 0.416 e. The maximum absolute atomic E-state index is 12.6. The van der Waals surface area contributed by atoms with Gasteiger partial charge in [-0.25, -0.2) is 4.98 Å². The van der Waals surface area contributed by atoms with Crippen molar-refractivity contribution in [2.75, 3.05) is 25.3 Å². The van der Waals surface area contributed by atoms with E-state index in [1.807, 2.05) is 0 Å². The van der Waals surface area contributed by atoms with E-state index in [0.717, 1.165) is 12.1 Å². The standard InChI is InChI=1S/C18H17F3N4O2/c1-26-14-7-12-13(8-15(14)27-2)24-17(25-16(12)22)23-9-10-3-5-11(6-4-10)18(19,20)21/h3-8H,9H2,1-2H3,(H3,22,23,24,25). The van der Waals surface area contributed by atoms with Gasteiger partial charge in [-0.1, -0.05) is 12.1 Å². The lowest BCUT2D eigenvalue weighted by atomic mass is 10.1. The van der Waals surface area contributed by atoms with Crippen LogP contribution in [-0.2, 0) is 12.7 Å². The molecule has 3 aromatic rings. The SMILES string of the molecule is COc1cc2nc(NCc3ccc(C(F)(F)F)cc3)nc(N)c2cc1OC. The summed E-state index contributed by atoms with van der Waals surface area (Å²) in [5.41, 5.74) is 6.50. The van der Waals surface area contributed by atoms with Crippen LogP contribution in [0.25, 0.3) is 10.9 Å². The summed E-state index contributed by atoms with van der Waals surface area (Å²) in [6.45, 7) is 0.246. The average molecular weight is 378 g/mol. The minimum atomic E-state index is -4.36. The zero-order valence-electron chi connectivity index (χ0n) is 14.6. The molecular weight excluding hydrogens is 361 g/mol. The number of alkyl halides is 3. The summed E-state index contributed by atoms with van der Waals surface area (Å²) in [6, 6.07) is 8.22. The van der Waals surface area contributed by atoms with Crippen LogP contribution in [-0.4, -0.2) is 24.2 Å². The van der Waals surface area contributed by atoms with Crippen LogP contribution in [0.1, 0.15) is 11.1 Å². The zero-order valence-corrected chi connectivity index (χ0v) is 14.6. The number of nitrogens with zero attached hydrogens (tertiary/aromatic N) is 2. The molecule has 0 spiro atoms. The number of methoxy groups -OCH3 is 2. The van der Waals surface area contributed by atoms with Gasteiger partial charge in [-0.05, 0) is 23.8 Å². The first-order valence-electron chi connectivity index (χ1n) is 7.91. The number of rotatable bonds is 5. The molecule has 3 N–H and O–H groups in total. The number of fused-ring (bicyclic) bond motifs is 1. The van der Waals surface area contributed by atoms with E-state index in [1.165, 1.54) is 26.4 Å². The number of benzene rings is 2. The Bertz CT molecular complexity index is 959. The topological polar surface area (TPSA) is 82.3 Å². The number of anilines is 2. The van der Waals surface area contributed by atoms with Gasteiger partial charge >= 0.3 is 6.18 Å². The van der Waals surface area contributed by atoms with Crippen LogP contribution in [0, 0.1) is 0 Å². The number of nitrogens with two attached hydrogens (primary N) is 1. The highest BCUT2D eigenvalue weighted by Crippen LogP contribution is 2.33. The summed E-state index contributed by atoms with van der Waals surface area (Å²) in [4.78, 5) is 8.56. The van der Waals surface area contributed by atoms with Gasteiger partial charge in [0.25, 0.3) is 0 Å². The van der Waals surface area contributed by atoms with Crippen LogP contribution in [0.3, 0.4) is 0 Å². The lowest BCUT2D eigenvalue weighted by molar-refractivity contribution is -0.137. The molecule has 2 aromatic carbocycles. The summed E-state index contributed by atoms with van der Waals surface area (Å²) in [5, 5.41) is 3.57. The van der Waals surface area contributed by atoms with Gasteiger partial charge in [-0.3, -0.25) is 0 Å². The first kappa shape index (κ1) is 18.6. The molecule has 0 atom stereocenters. The van der Waals surface area contributed by atoms with Crippen molar-refractivity contribution in [1.82, 2.24) is 9.97 Å². The number of aromatic nitrogens is 2. The monoisotopic (exact) mass is 378 g/mol. The Morgan fingerprint density at radius 3 is 2.22 bits per heavy atom. The minimum Gasteiger partial charge on any atom is -0.493 e. The second-order valence-electron chi connectivity index (χ2n) is 5.71. The predicted molar refractivity (Wildman–Crippen MR) is 95.8 cm³/mol. The number of nitrogens with one attached hydrogen (secondary N) is 1. The average Bonchev–Trinajstić information content (AvgIpc) is 2.65. The second-order valence-corrected chi connectivity index (χ2v) is 5.71. The van der Waals surface area contributed by atoms with Gasteiger partial charge in [-0.15, -0.1) is 0 Å². The van der Waals surface area contributed by atoms with Gasteiger partial charge in [0.1, 0.15) is 5.82 Å². The van der Waals surface area contributed by atoms with Crippen molar-refractivity contribution in [2.45, 2.75) is 12.7 Å². The molecule has 0 unspecified atom stereocenters. The fourth-order valence-electron chi connectivity index (χ4n) is 2.55. The van der Waals surface area contributed by atoms with E-state index >= 15 is 0 Å². The van der Waals surface area contributed by atoms with Gasteiger partial charge < -0.3 is 20.5 Å². The number of halogens is 3. The molecule has 1 heterocycles. The molecule has 0 amide bonds. The first-order valence-corrected chi connectivity index (χ1v) is 7.91. The molecule has 142 valence electrons. The van der Waals surface area contributed by atoms with E-state index < -0.39 is 11.7 Å². The molecule has 0 radical (unpaired) electrons. The van der Waals surface area contributed by atoms with Gasteiger partial charge in [0, 0.05) is 18.0 Å². The van der Waals surface area contributed by atoms with E-state index in [0.29, 0.717) is 28.0 Å². The van der Waals surface area contributed by atoms with Gasteiger partial charge in [0.15, 0.2) is 11.5 Å². The van der Waals surface area contributed by atoms with Crippen LogP contribution in [0.15, 0.2) is 36.4 Å². The Kier molecular flexibility index (Phi) is 4.93. The molecule has 27 heavy (non-hydrogen) atoms. The third-order valence-electron chi connectivity index (χ3n) is 3.96. The fourth-order valence-corrected chi connectivity index (χ4v) is 2.55. The van der Waals surface area contributed by atoms with Gasteiger partial charge in [-0.2, -0.15) is 18.2 Å². The van der Waals surface area contributed by atoms with Crippen molar-refractivity contribution in [2.24, 2.45) is 0 Å². The first-order chi connectivity index (χ1) is 12.8. The van der Waals surface area contributed by atoms with E-state index in [1.54, 1.807) is 12.1 Å². The molecule has 9 heteroatoms. The third kappa shape index (κ3) is 3.97. The molecule has 1 aromatic heterocycles. The third-order valence-corrected chi connectivity index (χ3v) is 3.96. The highest BCUT2D eigenvalue weighted by molar-refractivity contribution is 5.91. The predicted octanol–water partition coefficient (Wildman–Crippen LogP) is 3.86. The normalized spacial score (nSPS) is 11.4. The molecule has 0 aliphatic rings. The molecular formula is C18H17F3N4O2. The Labute approximate surface area is 153 Å². The van der Waals surface area contributed by atoms with Gasteiger partial charge in [0.05, 0.1) is 25.3 Å². The quantitative estimate of drug-likeness (QED) is 0.702. The van der Waals surface area contributed by atoms with Crippen LogP contribution < -0.4 is 20.5 Å². The van der Waals surface area contributed by atoms with Crippen molar-refractivity contribution < 1.29 is 22.6 Å². The molecule has 0 aliphatic heterocycles. The molecule has 0 saturated heterocycles. The second kappa shape index (κ2) is 7.18. The summed E-state index contributed by atoms with van der Waals surface area (Å²) < 4.78 is 48.3. The van der Waals surface area contributed by atoms with E-state index in [-0.39, 0.29) is 18.3 Å². The highest BCUT2D eigenvalue weighted by atomic mass is 19.4. The van der Waals surface area contributed by atoms with Crippen LogP contribution in [0.4, 0.5) is 24.9 Å². The Hall–Kier alpha value is -3.23. The summed E-state index contributed by atoms with van der Waals surface area (Å²) >= 11 is 0. The lowest BCUT2D eigenvalue weighted by Gasteiger charge is -2.12. The largest absolute Gasteiger partial charge is 0.493 e. The number of nitrogen functional groups attached to an aromatic ring is 1. The molecule has 0 bridgehead atoms. The lowest BCUT2D eigenvalue weighted by Crippen LogP contribution is -2.08. The summed E-state index contributed by atoms with van der Waals surface area (Å²) in [5.74, 6) is 1.51. The molecule has 6 nitrogen and oxygen atoms in total. The minimum absolute atomic E-state index is 0.246. The van der Waals surface area contributed by atoms with Gasteiger partial charge in [0.2, 0.25) is 5.95 Å². The van der Waals surface area contributed by atoms with Crippen molar-refractivity contribution in [3.63, 3.8) is 0 Å². The number of hydrogen-bond donors (Lipinski definition) is 2. The van der Waals surface area contributed by atoms with Crippen LogP contribution in [0.2, 0.25) is 0 Å². The van der Waals surface area contributed by atoms with E-state index in [4.69, 9.17) is 15.2 Å².